The normalized spacial score (nSPS) is 10.8. The number of hydrogen-bond donors (Lipinski definition) is 1. The van der Waals surface area contributed by atoms with E-state index in [9.17, 15) is 13.6 Å². The molecule has 0 aliphatic carbocycles. The molecule has 27 heavy (non-hydrogen) atoms. The van der Waals surface area contributed by atoms with Crippen LogP contribution in [-0.2, 0) is 11.2 Å². The maximum absolute atomic E-state index is 13.7. The molecular formula is C23H21F2NO. The lowest BCUT2D eigenvalue weighted by Gasteiger charge is -2.18. The van der Waals surface area contributed by atoms with Crippen LogP contribution in [0.25, 0.3) is 0 Å². The van der Waals surface area contributed by atoms with Crippen LogP contribution in [-0.4, -0.2) is 12.5 Å². The van der Waals surface area contributed by atoms with E-state index in [-0.39, 0.29) is 36.8 Å². The van der Waals surface area contributed by atoms with E-state index in [0.717, 1.165) is 11.1 Å². The van der Waals surface area contributed by atoms with Crippen molar-refractivity contribution < 1.29 is 13.6 Å². The van der Waals surface area contributed by atoms with Crippen molar-refractivity contribution in [3.05, 3.63) is 107 Å². The Balaban J connectivity index is 1.65. The lowest BCUT2D eigenvalue weighted by Crippen LogP contribution is -2.27. The topological polar surface area (TPSA) is 29.1 Å². The Labute approximate surface area is 157 Å². The Morgan fingerprint density at radius 3 is 1.81 bits per heavy atom. The molecule has 0 aliphatic heterocycles. The fraction of sp³-hybridized carbons (Fsp3) is 0.174. The lowest BCUT2D eigenvalue weighted by molar-refractivity contribution is -0.121. The summed E-state index contributed by atoms with van der Waals surface area (Å²) in [6.45, 7) is 0.187. The number of carbonyl (C=O) groups excluding carboxylic acids is 1. The number of nitrogens with one attached hydrogen (secondary N) is 1. The van der Waals surface area contributed by atoms with Crippen molar-refractivity contribution in [1.29, 1.82) is 0 Å². The van der Waals surface area contributed by atoms with Crippen molar-refractivity contribution in [3.63, 3.8) is 0 Å². The van der Waals surface area contributed by atoms with Gasteiger partial charge in [-0.25, -0.2) is 8.78 Å². The maximum Gasteiger partial charge on any atom is 0.220 e. The molecule has 0 spiro atoms. The number of carbonyl (C=O) groups is 1. The molecule has 1 N–H and O–H groups in total. The van der Waals surface area contributed by atoms with Gasteiger partial charge in [0.1, 0.15) is 11.6 Å². The highest BCUT2D eigenvalue weighted by atomic mass is 19.1. The zero-order chi connectivity index (χ0) is 19.1. The van der Waals surface area contributed by atoms with Gasteiger partial charge in [0.25, 0.3) is 0 Å². The molecule has 4 heteroatoms. The van der Waals surface area contributed by atoms with E-state index in [1.54, 1.807) is 0 Å². The van der Waals surface area contributed by atoms with Gasteiger partial charge in [-0.05, 0) is 29.7 Å². The monoisotopic (exact) mass is 365 g/mol. The molecule has 0 saturated heterocycles. The second-order valence-corrected chi connectivity index (χ2v) is 6.38. The predicted molar refractivity (Wildman–Crippen MR) is 102 cm³/mol. The van der Waals surface area contributed by atoms with Crippen molar-refractivity contribution in [2.75, 3.05) is 6.54 Å². The third kappa shape index (κ3) is 5.00. The molecule has 1 amide bonds. The highest BCUT2D eigenvalue weighted by Crippen LogP contribution is 2.27. The van der Waals surface area contributed by atoms with E-state index in [4.69, 9.17) is 0 Å². The number of hydrogen-bond acceptors (Lipinski definition) is 1. The largest absolute Gasteiger partial charge is 0.356 e. The van der Waals surface area contributed by atoms with Crippen LogP contribution in [0, 0.1) is 11.6 Å². The minimum atomic E-state index is -0.587. The van der Waals surface area contributed by atoms with Crippen LogP contribution in [0.15, 0.2) is 78.9 Å². The number of rotatable bonds is 7. The van der Waals surface area contributed by atoms with Gasteiger partial charge in [-0.3, -0.25) is 4.79 Å². The Hall–Kier alpha value is -3.01. The molecule has 3 rings (SSSR count). The van der Waals surface area contributed by atoms with E-state index >= 15 is 0 Å². The van der Waals surface area contributed by atoms with E-state index in [0.29, 0.717) is 0 Å². The molecule has 3 aromatic rings. The Morgan fingerprint density at radius 2 is 1.30 bits per heavy atom. The van der Waals surface area contributed by atoms with E-state index in [1.165, 1.54) is 18.2 Å². The quantitative estimate of drug-likeness (QED) is 0.637. The Kier molecular flexibility index (Phi) is 6.31. The third-order valence-electron chi connectivity index (χ3n) is 4.55. The van der Waals surface area contributed by atoms with Crippen molar-refractivity contribution in [1.82, 2.24) is 5.32 Å². The fourth-order valence-electron chi connectivity index (χ4n) is 3.15. The lowest BCUT2D eigenvalue weighted by atomic mass is 9.88. The van der Waals surface area contributed by atoms with Crippen LogP contribution >= 0.6 is 0 Å². The summed E-state index contributed by atoms with van der Waals surface area (Å²) in [5.74, 6) is -1.39. The van der Waals surface area contributed by atoms with Gasteiger partial charge in [-0.15, -0.1) is 0 Å². The molecule has 0 radical (unpaired) electrons. The van der Waals surface area contributed by atoms with Crippen molar-refractivity contribution in [2.45, 2.75) is 18.8 Å². The molecule has 0 aliphatic rings. The van der Waals surface area contributed by atoms with Gasteiger partial charge in [0.2, 0.25) is 5.91 Å². The van der Waals surface area contributed by atoms with Crippen molar-refractivity contribution in [2.24, 2.45) is 0 Å². The molecule has 138 valence electrons. The molecule has 0 aromatic heterocycles. The van der Waals surface area contributed by atoms with Gasteiger partial charge in [0.15, 0.2) is 0 Å². The molecule has 2 nitrogen and oxygen atoms in total. The summed E-state index contributed by atoms with van der Waals surface area (Å²) in [5.41, 5.74) is 2.11. The van der Waals surface area contributed by atoms with Gasteiger partial charge in [0, 0.05) is 24.4 Å². The van der Waals surface area contributed by atoms with E-state index < -0.39 is 11.6 Å². The molecule has 0 unspecified atom stereocenters. The maximum atomic E-state index is 13.7. The molecule has 0 bridgehead atoms. The highest BCUT2D eigenvalue weighted by molar-refractivity contribution is 5.77. The van der Waals surface area contributed by atoms with Gasteiger partial charge in [0.05, 0.1) is 0 Å². The summed E-state index contributed by atoms with van der Waals surface area (Å²) in [4.78, 5) is 12.5. The molecule has 0 atom stereocenters. The molecular weight excluding hydrogens is 344 g/mol. The average Bonchev–Trinajstić information content (AvgIpc) is 2.70. The Bertz CT molecular complexity index is 822. The molecule has 0 heterocycles. The standard InChI is InChI=1S/C23H21F2NO/c24-21-12-7-13-22(25)19(21)14-15-26-23(27)16-20(17-8-3-1-4-9-17)18-10-5-2-6-11-18/h1-13,20H,14-16H2,(H,26,27). The van der Waals surface area contributed by atoms with Crippen LogP contribution in [0.4, 0.5) is 8.78 Å². The highest BCUT2D eigenvalue weighted by Gasteiger charge is 2.18. The van der Waals surface area contributed by atoms with E-state index in [1.807, 2.05) is 60.7 Å². The number of amides is 1. The average molecular weight is 365 g/mol. The van der Waals surface area contributed by atoms with Crippen LogP contribution in [0.3, 0.4) is 0 Å². The van der Waals surface area contributed by atoms with Gasteiger partial charge in [-0.2, -0.15) is 0 Å². The minimum absolute atomic E-state index is 0.000434. The summed E-state index contributed by atoms with van der Waals surface area (Å²) in [6.07, 6.45) is 0.388. The van der Waals surface area contributed by atoms with Crippen molar-refractivity contribution in [3.8, 4) is 0 Å². The van der Waals surface area contributed by atoms with Gasteiger partial charge in [-0.1, -0.05) is 66.7 Å². The zero-order valence-electron chi connectivity index (χ0n) is 14.9. The van der Waals surface area contributed by atoms with Crippen LogP contribution < -0.4 is 5.32 Å². The number of halogens is 2. The first-order chi connectivity index (χ1) is 13.1. The first kappa shape index (κ1) is 18.8. The van der Waals surface area contributed by atoms with Gasteiger partial charge < -0.3 is 5.32 Å². The fourth-order valence-corrected chi connectivity index (χ4v) is 3.15. The molecule has 3 aromatic carbocycles. The zero-order valence-corrected chi connectivity index (χ0v) is 14.9. The summed E-state index contributed by atoms with van der Waals surface area (Å²) >= 11 is 0. The SMILES string of the molecule is O=C(CC(c1ccccc1)c1ccccc1)NCCc1c(F)cccc1F. The van der Waals surface area contributed by atoms with Crippen LogP contribution in [0.5, 0.6) is 0 Å². The summed E-state index contributed by atoms with van der Waals surface area (Å²) < 4.78 is 27.3. The second kappa shape index (κ2) is 9.08. The summed E-state index contributed by atoms with van der Waals surface area (Å²) in [5, 5.41) is 2.78. The summed E-state index contributed by atoms with van der Waals surface area (Å²) in [6, 6.07) is 23.4. The van der Waals surface area contributed by atoms with Gasteiger partial charge >= 0.3 is 0 Å². The first-order valence-corrected chi connectivity index (χ1v) is 8.94. The number of benzene rings is 3. The van der Waals surface area contributed by atoms with Crippen LogP contribution in [0.2, 0.25) is 0 Å². The van der Waals surface area contributed by atoms with E-state index in [2.05, 4.69) is 5.32 Å². The predicted octanol–water partition coefficient (Wildman–Crippen LogP) is 4.85. The smallest absolute Gasteiger partial charge is 0.220 e. The summed E-state index contributed by atoms with van der Waals surface area (Å²) in [7, 11) is 0. The Morgan fingerprint density at radius 1 is 0.778 bits per heavy atom. The molecule has 0 saturated carbocycles. The second-order valence-electron chi connectivity index (χ2n) is 6.38. The molecule has 0 fully saturated rings. The first-order valence-electron chi connectivity index (χ1n) is 8.94. The third-order valence-corrected chi connectivity index (χ3v) is 4.55. The van der Waals surface area contributed by atoms with Crippen LogP contribution in [0.1, 0.15) is 29.0 Å². The minimum Gasteiger partial charge on any atom is -0.356 e. The van der Waals surface area contributed by atoms with Crippen molar-refractivity contribution >= 4 is 5.91 Å².